The molecule has 4 rings (SSSR count). The number of carbonyl (C=O) groups is 1. The molecule has 3 heterocycles. The maximum absolute atomic E-state index is 11.9. The molecule has 0 radical (unpaired) electrons. The number of anilines is 1. The molecule has 2 aromatic rings. The summed E-state index contributed by atoms with van der Waals surface area (Å²) in [6.07, 6.45) is 0. The number of hydrogen-bond acceptors (Lipinski definition) is 5. The molecule has 0 fully saturated rings. The molecule has 0 aliphatic carbocycles. The lowest BCUT2D eigenvalue weighted by molar-refractivity contribution is -0.113. The van der Waals surface area contributed by atoms with Crippen molar-refractivity contribution in [3.8, 4) is 5.75 Å². The topological polar surface area (TPSA) is 47.6 Å². The van der Waals surface area contributed by atoms with E-state index in [1.807, 2.05) is 23.6 Å². The van der Waals surface area contributed by atoms with Gasteiger partial charge in [-0.05, 0) is 23.6 Å². The number of hydrogen-bond donors (Lipinski definition) is 1. The van der Waals surface area contributed by atoms with Crippen LogP contribution in [-0.2, 0) is 16.1 Å². The first kappa shape index (κ1) is 14.4. The molecule has 1 N–H and O–H groups in total. The van der Waals surface area contributed by atoms with Crippen LogP contribution in [0.3, 0.4) is 0 Å². The minimum atomic E-state index is 0.0206. The zero-order chi connectivity index (χ0) is 15.1. The molecule has 1 unspecified atom stereocenters. The van der Waals surface area contributed by atoms with Gasteiger partial charge in [0.1, 0.15) is 5.75 Å². The lowest BCUT2D eigenvalue weighted by atomic mass is 10.0. The fourth-order valence-corrected chi connectivity index (χ4v) is 5.17. The van der Waals surface area contributed by atoms with Gasteiger partial charge in [-0.25, -0.2) is 0 Å². The van der Waals surface area contributed by atoms with Gasteiger partial charge in [0.15, 0.2) is 6.79 Å². The lowest BCUT2D eigenvalue weighted by Gasteiger charge is -2.24. The van der Waals surface area contributed by atoms with Crippen molar-refractivity contribution in [2.75, 3.05) is 17.9 Å². The second-order valence-electron chi connectivity index (χ2n) is 5.03. The van der Waals surface area contributed by atoms with Gasteiger partial charge in [0.05, 0.1) is 23.3 Å². The first-order valence-electron chi connectivity index (χ1n) is 6.74. The SMILES string of the molecule is O=C1CSC(c2cc(Cl)cc3c2OCOC3)c2sccc2N1. The smallest absolute Gasteiger partial charge is 0.234 e. The molecule has 1 amide bonds. The maximum Gasteiger partial charge on any atom is 0.234 e. The maximum atomic E-state index is 11.9. The van der Waals surface area contributed by atoms with Gasteiger partial charge in [-0.15, -0.1) is 23.1 Å². The molecular formula is C15H12ClNO3S2. The molecular weight excluding hydrogens is 342 g/mol. The Kier molecular flexibility index (Phi) is 3.78. The molecule has 1 atom stereocenters. The Morgan fingerprint density at radius 2 is 2.27 bits per heavy atom. The molecule has 22 heavy (non-hydrogen) atoms. The van der Waals surface area contributed by atoms with Crippen LogP contribution in [0.5, 0.6) is 5.75 Å². The second-order valence-corrected chi connectivity index (χ2v) is 7.51. The first-order valence-corrected chi connectivity index (χ1v) is 9.04. The van der Waals surface area contributed by atoms with E-state index < -0.39 is 0 Å². The van der Waals surface area contributed by atoms with E-state index in [9.17, 15) is 4.79 Å². The van der Waals surface area contributed by atoms with Gasteiger partial charge in [-0.2, -0.15) is 0 Å². The van der Waals surface area contributed by atoms with Crippen LogP contribution in [0.2, 0.25) is 5.02 Å². The summed E-state index contributed by atoms with van der Waals surface area (Å²) in [7, 11) is 0. The molecule has 0 saturated carbocycles. The average molecular weight is 354 g/mol. The Hall–Kier alpha value is -1.21. The van der Waals surface area contributed by atoms with Crippen LogP contribution in [0.1, 0.15) is 21.3 Å². The molecule has 0 bridgehead atoms. The molecule has 114 valence electrons. The van der Waals surface area contributed by atoms with Crippen molar-refractivity contribution in [2.24, 2.45) is 0 Å². The monoisotopic (exact) mass is 353 g/mol. The summed E-state index contributed by atoms with van der Waals surface area (Å²) in [5.41, 5.74) is 2.85. The fraction of sp³-hybridized carbons (Fsp3) is 0.267. The lowest BCUT2D eigenvalue weighted by Crippen LogP contribution is -2.14. The van der Waals surface area contributed by atoms with Gasteiger partial charge < -0.3 is 14.8 Å². The van der Waals surface area contributed by atoms with Crippen LogP contribution < -0.4 is 10.1 Å². The number of thioether (sulfide) groups is 1. The minimum absolute atomic E-state index is 0.0206. The first-order chi connectivity index (χ1) is 10.7. The Bertz CT molecular complexity index is 746. The third-order valence-electron chi connectivity index (χ3n) is 3.57. The molecule has 0 saturated heterocycles. The summed E-state index contributed by atoms with van der Waals surface area (Å²) in [4.78, 5) is 13.0. The van der Waals surface area contributed by atoms with Crippen molar-refractivity contribution < 1.29 is 14.3 Å². The van der Waals surface area contributed by atoms with E-state index in [-0.39, 0.29) is 18.0 Å². The summed E-state index contributed by atoms with van der Waals surface area (Å²) in [6, 6.07) is 5.75. The third-order valence-corrected chi connectivity index (χ3v) is 6.18. The molecule has 4 nitrogen and oxygen atoms in total. The van der Waals surface area contributed by atoms with E-state index in [1.54, 1.807) is 23.1 Å². The van der Waals surface area contributed by atoms with Crippen molar-refractivity contribution >= 4 is 46.3 Å². The summed E-state index contributed by atoms with van der Waals surface area (Å²) >= 11 is 9.50. The highest BCUT2D eigenvalue weighted by Gasteiger charge is 2.30. The summed E-state index contributed by atoms with van der Waals surface area (Å²) < 4.78 is 11.1. The van der Waals surface area contributed by atoms with E-state index in [0.717, 1.165) is 27.4 Å². The summed E-state index contributed by atoms with van der Waals surface area (Å²) in [5, 5.41) is 5.62. The second kappa shape index (κ2) is 5.77. The Labute approximate surface area is 140 Å². The van der Waals surface area contributed by atoms with E-state index in [0.29, 0.717) is 17.4 Å². The fourth-order valence-electron chi connectivity index (χ4n) is 2.68. The molecule has 1 aromatic carbocycles. The van der Waals surface area contributed by atoms with Gasteiger partial charge in [-0.3, -0.25) is 4.79 Å². The van der Waals surface area contributed by atoms with Gasteiger partial charge in [0.25, 0.3) is 0 Å². The molecule has 2 aliphatic rings. The van der Waals surface area contributed by atoms with Crippen LogP contribution in [0.15, 0.2) is 23.6 Å². The third kappa shape index (κ3) is 2.50. The zero-order valence-electron chi connectivity index (χ0n) is 11.4. The normalized spacial score (nSPS) is 20.4. The van der Waals surface area contributed by atoms with Crippen molar-refractivity contribution in [2.45, 2.75) is 11.9 Å². The number of benzene rings is 1. The predicted molar refractivity (Wildman–Crippen MR) is 89.0 cm³/mol. The highest BCUT2D eigenvalue weighted by Crippen LogP contribution is 2.49. The number of rotatable bonds is 1. The van der Waals surface area contributed by atoms with Crippen LogP contribution in [0.4, 0.5) is 5.69 Å². The van der Waals surface area contributed by atoms with Crippen molar-refractivity contribution in [3.05, 3.63) is 44.6 Å². The van der Waals surface area contributed by atoms with Crippen LogP contribution in [0.25, 0.3) is 0 Å². The summed E-state index contributed by atoms with van der Waals surface area (Å²) in [6.45, 7) is 0.738. The standard InChI is InChI=1S/C15H12ClNO3S2/c16-9-3-8-5-19-7-20-13(8)10(4-9)14-15-11(1-2-21-15)17-12(18)6-22-14/h1-4,14H,5-7H2,(H,17,18). The number of halogens is 1. The number of fused-ring (bicyclic) bond motifs is 2. The predicted octanol–water partition coefficient (Wildman–Crippen LogP) is 4.04. The van der Waals surface area contributed by atoms with Gasteiger partial charge in [0, 0.05) is 21.0 Å². The largest absolute Gasteiger partial charge is 0.467 e. The van der Waals surface area contributed by atoms with Crippen LogP contribution in [-0.4, -0.2) is 18.5 Å². The van der Waals surface area contributed by atoms with Gasteiger partial charge in [-0.1, -0.05) is 11.6 Å². The van der Waals surface area contributed by atoms with E-state index >= 15 is 0 Å². The van der Waals surface area contributed by atoms with Crippen molar-refractivity contribution in [1.82, 2.24) is 0 Å². The average Bonchev–Trinajstić information content (AvgIpc) is 2.89. The Morgan fingerprint density at radius 1 is 1.36 bits per heavy atom. The van der Waals surface area contributed by atoms with Gasteiger partial charge in [0.2, 0.25) is 5.91 Å². The Morgan fingerprint density at radius 3 is 3.18 bits per heavy atom. The number of carbonyl (C=O) groups excluding carboxylic acids is 1. The highest BCUT2D eigenvalue weighted by atomic mass is 35.5. The number of nitrogens with one attached hydrogen (secondary N) is 1. The Balaban J connectivity index is 1.85. The van der Waals surface area contributed by atoms with Crippen LogP contribution in [0, 0.1) is 0 Å². The highest BCUT2D eigenvalue weighted by molar-refractivity contribution is 8.00. The molecule has 7 heteroatoms. The molecule has 0 spiro atoms. The number of thiophene rings is 1. The molecule has 1 aromatic heterocycles. The zero-order valence-corrected chi connectivity index (χ0v) is 13.8. The van der Waals surface area contributed by atoms with Crippen LogP contribution >= 0.6 is 34.7 Å². The van der Waals surface area contributed by atoms with E-state index in [2.05, 4.69) is 5.32 Å². The van der Waals surface area contributed by atoms with Crippen molar-refractivity contribution in [3.63, 3.8) is 0 Å². The quantitative estimate of drug-likeness (QED) is 0.840. The van der Waals surface area contributed by atoms with Gasteiger partial charge >= 0.3 is 0 Å². The number of ether oxygens (including phenoxy) is 2. The van der Waals surface area contributed by atoms with Crippen molar-refractivity contribution in [1.29, 1.82) is 0 Å². The van der Waals surface area contributed by atoms with E-state index in [1.165, 1.54) is 0 Å². The minimum Gasteiger partial charge on any atom is -0.467 e. The molecule has 2 aliphatic heterocycles. The van der Waals surface area contributed by atoms with E-state index in [4.69, 9.17) is 21.1 Å². The summed E-state index contributed by atoms with van der Waals surface area (Å²) in [5.74, 6) is 1.26. The number of amides is 1.